The summed E-state index contributed by atoms with van der Waals surface area (Å²) < 4.78 is 3.98. The Balaban J connectivity index is 4.01. The van der Waals surface area contributed by atoms with E-state index in [0.29, 0.717) is 0 Å². The van der Waals surface area contributed by atoms with Crippen LogP contribution in [0.4, 0.5) is 0 Å². The molecule has 0 aliphatic rings. The highest BCUT2D eigenvalue weighted by atomic mass is 17.1. The summed E-state index contributed by atoms with van der Waals surface area (Å²) in [5.41, 5.74) is 4.86. The van der Waals surface area contributed by atoms with Crippen molar-refractivity contribution in [1.82, 2.24) is 5.39 Å². The molecule has 0 saturated heterocycles. The maximum absolute atomic E-state index is 10.6. The Hall–Kier alpha value is -1.06. The fourth-order valence-electron chi connectivity index (χ4n) is 0.366. The summed E-state index contributed by atoms with van der Waals surface area (Å²) in [4.78, 5) is 24.9. The molecule has 0 aromatic carbocycles. The molecule has 0 bridgehead atoms. The lowest BCUT2D eigenvalue weighted by atomic mass is 10.4. The van der Waals surface area contributed by atoms with Crippen LogP contribution in [0.5, 0.6) is 0 Å². The number of nitrogens with zero attached hydrogens (tertiary/aromatic N) is 1. The van der Waals surface area contributed by atoms with Gasteiger partial charge in [0.05, 0.1) is 12.5 Å². The predicted molar refractivity (Wildman–Crippen MR) is 31.5 cm³/mol. The highest BCUT2D eigenvalue weighted by molar-refractivity contribution is 6.35. The minimum atomic E-state index is -1.80. The molecule has 70 valence electrons. The van der Waals surface area contributed by atoms with Crippen LogP contribution in [0, 0.1) is 0 Å². The van der Waals surface area contributed by atoms with E-state index >= 15 is 0 Å². The third-order valence-corrected chi connectivity index (χ3v) is 0.853. The van der Waals surface area contributed by atoms with Crippen molar-refractivity contribution in [3.05, 3.63) is 0 Å². The lowest BCUT2D eigenvalue weighted by Crippen LogP contribution is -2.42. The van der Waals surface area contributed by atoms with Gasteiger partial charge < -0.3 is 4.74 Å². The van der Waals surface area contributed by atoms with E-state index in [0.717, 1.165) is 7.11 Å². The van der Waals surface area contributed by atoms with Crippen LogP contribution in [0.1, 0.15) is 0 Å². The lowest BCUT2D eigenvalue weighted by molar-refractivity contribution is -0.499. The van der Waals surface area contributed by atoms with E-state index in [1.165, 1.54) is 0 Å². The van der Waals surface area contributed by atoms with Crippen molar-refractivity contribution in [2.45, 2.75) is 6.23 Å². The zero-order valence-corrected chi connectivity index (χ0v) is 6.13. The van der Waals surface area contributed by atoms with Crippen LogP contribution in [0.15, 0.2) is 0 Å². The number of ether oxygens (including phenoxy) is 1. The Bertz CT molecular complexity index is 180. The van der Waals surface area contributed by atoms with Crippen LogP contribution in [0.3, 0.4) is 0 Å². The van der Waals surface area contributed by atoms with Crippen LogP contribution in [0.2, 0.25) is 0 Å². The van der Waals surface area contributed by atoms with Gasteiger partial charge in [0, 0.05) is 0 Å². The molecule has 8 nitrogen and oxygen atoms in total. The molecule has 12 heavy (non-hydrogen) atoms. The highest BCUT2D eigenvalue weighted by Crippen LogP contribution is 1.89. The van der Waals surface area contributed by atoms with Gasteiger partial charge in [0.2, 0.25) is 6.23 Å². The van der Waals surface area contributed by atoms with E-state index < -0.39 is 23.4 Å². The van der Waals surface area contributed by atoms with E-state index in [4.69, 9.17) is 16.1 Å². The van der Waals surface area contributed by atoms with Crippen LogP contribution in [-0.2, 0) is 19.2 Å². The molecule has 8 heteroatoms. The summed E-state index contributed by atoms with van der Waals surface area (Å²) in [7, 11) is 0.975. The monoisotopic (exact) mass is 180 g/mol. The van der Waals surface area contributed by atoms with Gasteiger partial charge in [-0.2, -0.15) is 0 Å². The van der Waals surface area contributed by atoms with Crippen molar-refractivity contribution in [3.63, 3.8) is 0 Å². The number of nitrogens with two attached hydrogens (primary N) is 1. The lowest BCUT2D eigenvalue weighted by Gasteiger charge is -2.10. The first kappa shape index (κ1) is 10.9. The second-order valence-corrected chi connectivity index (χ2v) is 1.63. The summed E-state index contributed by atoms with van der Waals surface area (Å²) in [6.45, 7) is 0. The van der Waals surface area contributed by atoms with Gasteiger partial charge in [0.15, 0.2) is 0 Å². The molecular formula is C4H8N2O6. The Morgan fingerprint density at radius 2 is 2.00 bits per heavy atom. The SMILES string of the molecule is COC(=O)C(=O)C(N)ON(O)O. The summed E-state index contributed by atoms with van der Waals surface area (Å²) in [5, 5.41) is 15.2. The molecule has 0 saturated carbocycles. The number of carbonyl (C=O) groups excluding carboxylic acids is 2. The normalized spacial score (nSPS) is 12.8. The molecule has 0 radical (unpaired) electrons. The highest BCUT2D eigenvalue weighted by Gasteiger charge is 2.25. The molecule has 4 N–H and O–H groups in total. The van der Waals surface area contributed by atoms with E-state index in [-0.39, 0.29) is 0 Å². The molecule has 0 fully saturated rings. The molecule has 0 aliphatic heterocycles. The van der Waals surface area contributed by atoms with Crippen molar-refractivity contribution in [1.29, 1.82) is 0 Å². The first-order chi connectivity index (χ1) is 5.49. The zero-order chi connectivity index (χ0) is 9.72. The molecule has 0 rings (SSSR count). The number of esters is 1. The Labute approximate surface area is 66.9 Å². The molecule has 0 aromatic heterocycles. The quantitative estimate of drug-likeness (QED) is 0.197. The minimum Gasteiger partial charge on any atom is -0.463 e. The molecule has 1 atom stereocenters. The van der Waals surface area contributed by atoms with E-state index in [2.05, 4.69) is 9.57 Å². The Morgan fingerprint density at radius 1 is 1.50 bits per heavy atom. The third-order valence-electron chi connectivity index (χ3n) is 0.853. The first-order valence-corrected chi connectivity index (χ1v) is 2.71. The van der Waals surface area contributed by atoms with Gasteiger partial charge in [-0.1, -0.05) is 0 Å². The largest absolute Gasteiger partial charge is 0.463 e. The van der Waals surface area contributed by atoms with Gasteiger partial charge in [-0.15, -0.1) is 0 Å². The number of ketones is 1. The van der Waals surface area contributed by atoms with E-state index in [1.807, 2.05) is 0 Å². The van der Waals surface area contributed by atoms with Gasteiger partial charge in [0.1, 0.15) is 0 Å². The Morgan fingerprint density at radius 3 is 2.33 bits per heavy atom. The molecule has 1 unspecified atom stereocenters. The average molecular weight is 180 g/mol. The van der Waals surface area contributed by atoms with Crippen molar-refractivity contribution >= 4 is 11.8 Å². The van der Waals surface area contributed by atoms with Crippen LogP contribution in [-0.4, -0.2) is 40.9 Å². The predicted octanol–water partition coefficient (Wildman–Crippen LogP) is -1.97. The number of Topliss-reactive ketones (excluding diaryl/α,β-unsaturated/α-hetero) is 1. The zero-order valence-electron chi connectivity index (χ0n) is 6.13. The summed E-state index contributed by atoms with van der Waals surface area (Å²) in [6.07, 6.45) is -1.80. The van der Waals surface area contributed by atoms with Crippen LogP contribution >= 0.6 is 0 Å². The number of hydrogen-bond donors (Lipinski definition) is 3. The number of rotatable bonds is 4. The molecule has 0 aliphatic carbocycles. The molecular weight excluding hydrogens is 172 g/mol. The Kier molecular flexibility index (Phi) is 4.33. The summed E-state index contributed by atoms with van der Waals surface area (Å²) >= 11 is 0. The summed E-state index contributed by atoms with van der Waals surface area (Å²) in [5.74, 6) is -2.46. The van der Waals surface area contributed by atoms with E-state index in [1.54, 1.807) is 0 Å². The van der Waals surface area contributed by atoms with Crippen molar-refractivity contribution in [2.75, 3.05) is 7.11 Å². The molecule has 0 heterocycles. The van der Waals surface area contributed by atoms with Crippen molar-refractivity contribution in [2.24, 2.45) is 5.73 Å². The molecule has 0 amide bonds. The van der Waals surface area contributed by atoms with Crippen molar-refractivity contribution < 1.29 is 29.6 Å². The van der Waals surface area contributed by atoms with Gasteiger partial charge in [0.25, 0.3) is 5.78 Å². The average Bonchev–Trinajstić information content (AvgIpc) is 2.00. The topological polar surface area (TPSA) is 122 Å². The third kappa shape index (κ3) is 3.37. The number of hydrogen-bond acceptors (Lipinski definition) is 8. The van der Waals surface area contributed by atoms with Gasteiger partial charge in [-0.3, -0.25) is 20.9 Å². The fraction of sp³-hybridized carbons (Fsp3) is 0.500. The maximum Gasteiger partial charge on any atom is 0.378 e. The smallest absolute Gasteiger partial charge is 0.378 e. The maximum atomic E-state index is 10.6. The second-order valence-electron chi connectivity index (χ2n) is 1.63. The van der Waals surface area contributed by atoms with Gasteiger partial charge >= 0.3 is 5.97 Å². The standard InChI is InChI=1S/C4H8N2O6/c1-11-4(8)2(7)3(5)12-6(9)10/h3,9-10H,5H2,1H3. The summed E-state index contributed by atoms with van der Waals surface area (Å²) in [6, 6.07) is 0. The molecule has 0 aromatic rings. The van der Waals surface area contributed by atoms with Crippen LogP contribution in [0.25, 0.3) is 0 Å². The second kappa shape index (κ2) is 4.74. The van der Waals surface area contributed by atoms with Crippen LogP contribution < -0.4 is 5.73 Å². The first-order valence-electron chi connectivity index (χ1n) is 2.71. The fourth-order valence-corrected chi connectivity index (χ4v) is 0.366. The van der Waals surface area contributed by atoms with Gasteiger partial charge in [-0.25, -0.2) is 9.63 Å². The van der Waals surface area contributed by atoms with Crippen molar-refractivity contribution in [3.8, 4) is 0 Å². The van der Waals surface area contributed by atoms with E-state index in [9.17, 15) is 9.59 Å². The minimum absolute atomic E-state index is 0.772. The number of carbonyl (C=O) groups is 2. The van der Waals surface area contributed by atoms with Gasteiger partial charge in [-0.05, 0) is 0 Å². The molecule has 0 spiro atoms. The number of methoxy groups -OCH3 is 1.